The van der Waals surface area contributed by atoms with E-state index >= 15 is 0 Å². The number of esters is 2. The monoisotopic (exact) mass is 676 g/mol. The fraction of sp³-hybridized carbons (Fsp3) is 0.350. The second-order valence-corrected chi connectivity index (χ2v) is 13.5. The summed E-state index contributed by atoms with van der Waals surface area (Å²) < 4.78 is 10.7. The second-order valence-electron chi connectivity index (χ2n) is 13.5. The summed E-state index contributed by atoms with van der Waals surface area (Å²) in [5.41, 5.74) is 10.4. The van der Waals surface area contributed by atoms with Gasteiger partial charge in [0.25, 0.3) is 0 Å². The van der Waals surface area contributed by atoms with Gasteiger partial charge in [0.2, 0.25) is 0 Å². The molecule has 3 aliphatic rings. The molecule has 0 unspecified atom stereocenters. The summed E-state index contributed by atoms with van der Waals surface area (Å²) in [4.78, 5) is 63.5. The van der Waals surface area contributed by atoms with Gasteiger partial charge in [-0.1, -0.05) is 32.1 Å². The van der Waals surface area contributed by atoms with Crippen LogP contribution in [0.25, 0.3) is 29.9 Å². The molecule has 2 aliphatic heterocycles. The minimum Gasteiger partial charge on any atom is -0.468 e. The summed E-state index contributed by atoms with van der Waals surface area (Å²) in [6.07, 6.45) is 11.6. The minimum atomic E-state index is -1.18. The zero-order chi connectivity index (χ0) is 36.0. The molecule has 0 saturated carbocycles. The van der Waals surface area contributed by atoms with Crippen LogP contribution in [0.15, 0.2) is 29.6 Å². The lowest BCUT2D eigenvalue weighted by Gasteiger charge is -2.19. The first kappa shape index (κ1) is 34.5. The van der Waals surface area contributed by atoms with Gasteiger partial charge in [0.1, 0.15) is 12.5 Å². The van der Waals surface area contributed by atoms with E-state index in [0.29, 0.717) is 57.5 Å². The van der Waals surface area contributed by atoms with Crippen molar-refractivity contribution in [3.05, 3.63) is 96.5 Å². The summed E-state index contributed by atoms with van der Waals surface area (Å²) in [7, 11) is 1.28. The maximum absolute atomic E-state index is 14.2. The van der Waals surface area contributed by atoms with Crippen LogP contribution in [0.1, 0.15) is 106 Å². The number of hydrogen-bond donors (Lipinski definition) is 4. The lowest BCUT2D eigenvalue weighted by molar-refractivity contribution is -0.143. The molecule has 50 heavy (non-hydrogen) atoms. The van der Waals surface area contributed by atoms with Crippen molar-refractivity contribution < 1.29 is 28.7 Å². The van der Waals surface area contributed by atoms with Gasteiger partial charge in [-0.15, -0.1) is 0 Å². The number of H-pyrrole nitrogens is 3. The Morgan fingerprint density at radius 2 is 1.70 bits per heavy atom. The predicted molar refractivity (Wildman–Crippen MR) is 193 cm³/mol. The normalized spacial score (nSPS) is 22.7. The molecule has 3 aromatic heterocycles. The van der Waals surface area contributed by atoms with Gasteiger partial charge < -0.3 is 29.7 Å². The molecule has 1 aliphatic carbocycles. The van der Waals surface area contributed by atoms with Crippen LogP contribution in [0.5, 0.6) is 0 Å². The first-order valence-electron chi connectivity index (χ1n) is 17.0. The van der Waals surface area contributed by atoms with E-state index in [-0.39, 0.29) is 36.6 Å². The Kier molecular flexibility index (Phi) is 9.31. The summed E-state index contributed by atoms with van der Waals surface area (Å²) >= 11 is 0. The number of carbonyl (C=O) groups excluding carboxylic acids is 4. The maximum atomic E-state index is 14.2. The highest BCUT2D eigenvalue weighted by Gasteiger charge is 2.48. The first-order chi connectivity index (χ1) is 23.9. The molecular weight excluding hydrogens is 632 g/mol. The maximum Gasteiger partial charge on any atom is 0.321 e. The van der Waals surface area contributed by atoms with E-state index < -0.39 is 11.9 Å². The van der Waals surface area contributed by atoms with Gasteiger partial charge in [-0.25, -0.2) is 0 Å². The molecule has 10 heteroatoms. The SMILES string of the molecule is C=Cc1c2[nH]c(c1C)/C=C1\N/C(=C3\c4[nH]c(c(C)c4C(=O)[C@@H]3C(=O)OC)/C=c3/[nH]/c(c(C=O)c3CC)=C\2)[C@@H](CCC(=O)OCC=C(C)C)[C@@H]1C. The molecule has 4 N–H and O–H groups in total. The van der Waals surface area contributed by atoms with Crippen molar-refractivity contribution in [1.29, 1.82) is 0 Å². The third-order valence-electron chi connectivity index (χ3n) is 10.4. The fourth-order valence-electron chi connectivity index (χ4n) is 7.59. The number of ketones is 1. The van der Waals surface area contributed by atoms with Crippen molar-refractivity contribution in [2.75, 3.05) is 13.7 Å². The zero-order valence-corrected chi connectivity index (χ0v) is 29.7. The number of fused-ring (bicyclic) bond motifs is 7. The van der Waals surface area contributed by atoms with Crippen LogP contribution >= 0.6 is 0 Å². The average Bonchev–Trinajstić information content (AvgIpc) is 3.83. The number of aldehydes is 1. The van der Waals surface area contributed by atoms with Crippen LogP contribution in [-0.4, -0.2) is 52.7 Å². The Hall–Kier alpha value is -5.38. The quantitative estimate of drug-likeness (QED) is 0.106. The van der Waals surface area contributed by atoms with Gasteiger partial charge in [0, 0.05) is 74.3 Å². The molecule has 5 heterocycles. The van der Waals surface area contributed by atoms with E-state index in [4.69, 9.17) is 9.47 Å². The van der Waals surface area contributed by atoms with Gasteiger partial charge in [0.15, 0.2) is 12.1 Å². The van der Waals surface area contributed by atoms with E-state index in [0.717, 1.165) is 51.0 Å². The van der Waals surface area contributed by atoms with Crippen molar-refractivity contribution in [2.24, 2.45) is 17.8 Å². The zero-order valence-electron chi connectivity index (χ0n) is 29.7. The largest absolute Gasteiger partial charge is 0.468 e. The minimum absolute atomic E-state index is 0.125. The van der Waals surface area contributed by atoms with Crippen LogP contribution in [0, 0.1) is 31.6 Å². The van der Waals surface area contributed by atoms with Crippen LogP contribution in [0.3, 0.4) is 0 Å². The number of hydrogen-bond acceptors (Lipinski definition) is 7. The molecule has 6 rings (SSSR count). The van der Waals surface area contributed by atoms with E-state index in [9.17, 15) is 19.2 Å². The lowest BCUT2D eigenvalue weighted by Crippen LogP contribution is -2.25. The molecular formula is C40H44N4O6. The standard InChI is InChI=1S/C40H44N4O6/c1-9-23-20(5)27-15-28-21(6)25(11-12-33(46)50-14-13-19(3)4)37(43-28)35-36(40(48)49-8)39(47)34-22(7)29(44-38(34)35)16-31-24(10-2)26(18-45)32(42-31)17-30(23)41-27/h9,13,15-18,21,25,36,41-44H,1,10-12,14H2,2-8H3/b28-15-,31-16+,32-17-,37-35-/t21-,25-,36+/m0/s1. The number of aromatic nitrogens is 3. The molecule has 1 saturated heterocycles. The molecule has 3 aromatic rings. The third-order valence-corrected chi connectivity index (χ3v) is 10.4. The number of allylic oxidation sites excluding steroid dienone is 3. The van der Waals surface area contributed by atoms with Gasteiger partial charge in [-0.05, 0) is 81.5 Å². The number of ether oxygens (including phenoxy) is 2. The smallest absolute Gasteiger partial charge is 0.321 e. The summed E-state index contributed by atoms with van der Waals surface area (Å²) in [5.74, 6) is -2.88. The molecule has 10 nitrogen and oxygen atoms in total. The van der Waals surface area contributed by atoms with E-state index in [1.165, 1.54) is 7.11 Å². The highest BCUT2D eigenvalue weighted by atomic mass is 16.5. The Morgan fingerprint density at radius 3 is 2.36 bits per heavy atom. The van der Waals surface area contributed by atoms with Crippen molar-refractivity contribution in [2.45, 2.75) is 60.8 Å². The predicted octanol–water partition coefficient (Wildman–Crippen LogP) is 5.16. The van der Waals surface area contributed by atoms with Crippen LogP contribution in [0.4, 0.5) is 0 Å². The number of aromatic amines is 3. The topological polar surface area (TPSA) is 146 Å². The molecule has 0 spiro atoms. The van der Waals surface area contributed by atoms with Crippen molar-refractivity contribution in [3.8, 4) is 0 Å². The number of Topliss-reactive ketones (excluding diaryl/α,β-unsaturated/α-hetero) is 1. The average molecular weight is 677 g/mol. The van der Waals surface area contributed by atoms with Crippen molar-refractivity contribution in [3.63, 3.8) is 0 Å². The fourth-order valence-corrected chi connectivity index (χ4v) is 7.59. The molecule has 3 atom stereocenters. The summed E-state index contributed by atoms with van der Waals surface area (Å²) in [5, 5.41) is 5.02. The Morgan fingerprint density at radius 1 is 0.980 bits per heavy atom. The second kappa shape index (κ2) is 13.5. The van der Waals surface area contributed by atoms with Crippen LogP contribution in [0.2, 0.25) is 0 Å². The highest BCUT2D eigenvalue weighted by molar-refractivity contribution is 6.24. The molecule has 0 aromatic carbocycles. The van der Waals surface area contributed by atoms with Crippen molar-refractivity contribution in [1.82, 2.24) is 20.3 Å². The van der Waals surface area contributed by atoms with Gasteiger partial charge >= 0.3 is 11.9 Å². The molecule has 0 radical (unpaired) electrons. The van der Waals surface area contributed by atoms with Gasteiger partial charge in [-0.2, -0.15) is 0 Å². The van der Waals surface area contributed by atoms with Gasteiger partial charge in [-0.3, -0.25) is 19.2 Å². The molecule has 8 bridgehead atoms. The van der Waals surface area contributed by atoms with Crippen molar-refractivity contribution >= 4 is 53.9 Å². The molecule has 1 fully saturated rings. The molecule has 260 valence electrons. The number of nitrogens with one attached hydrogen (secondary N) is 4. The Bertz CT molecular complexity index is 2180. The Labute approximate surface area is 291 Å². The number of rotatable bonds is 9. The van der Waals surface area contributed by atoms with Crippen LogP contribution in [-0.2, 0) is 25.5 Å². The third kappa shape index (κ3) is 5.72. The first-order valence-corrected chi connectivity index (χ1v) is 17.0. The Balaban J connectivity index is 1.63. The highest BCUT2D eigenvalue weighted by Crippen LogP contribution is 2.48. The van der Waals surface area contributed by atoms with E-state index in [1.54, 1.807) is 6.08 Å². The molecule has 0 amide bonds. The summed E-state index contributed by atoms with van der Waals surface area (Å²) in [6, 6.07) is 0. The van der Waals surface area contributed by atoms with Gasteiger partial charge in [0.05, 0.1) is 18.2 Å². The van der Waals surface area contributed by atoms with E-state index in [2.05, 4.69) is 33.8 Å². The summed E-state index contributed by atoms with van der Waals surface area (Å²) in [6.45, 7) is 16.1. The van der Waals surface area contributed by atoms with Crippen LogP contribution < -0.4 is 16.0 Å². The number of methoxy groups -OCH3 is 1. The lowest BCUT2D eigenvalue weighted by atomic mass is 9.85. The number of carbonyl (C=O) groups is 4. The van der Waals surface area contributed by atoms with E-state index in [1.807, 2.05) is 58.9 Å².